The van der Waals surface area contributed by atoms with Crippen LogP contribution in [0.4, 0.5) is 0 Å². The van der Waals surface area contributed by atoms with E-state index in [1.54, 1.807) is 14.2 Å². The molecule has 0 saturated carbocycles. The largest absolute Gasteiger partial charge is 0.382 e. The van der Waals surface area contributed by atoms with Gasteiger partial charge in [-0.15, -0.1) is 0 Å². The van der Waals surface area contributed by atoms with Crippen molar-refractivity contribution in [3.05, 3.63) is 34.9 Å². The van der Waals surface area contributed by atoms with E-state index in [4.69, 9.17) is 25.8 Å². The molecule has 1 atom stereocenters. The Morgan fingerprint density at radius 3 is 2.44 bits per heavy atom. The normalized spacial score (nSPS) is 14.4. The summed E-state index contributed by atoms with van der Waals surface area (Å²) in [5.74, 6) is 0. The molecule has 1 aromatic rings. The fourth-order valence-corrected chi connectivity index (χ4v) is 1.92. The molecule has 3 nitrogen and oxygen atoms in total. The van der Waals surface area contributed by atoms with Gasteiger partial charge in [0.25, 0.3) is 0 Å². The van der Waals surface area contributed by atoms with Crippen molar-refractivity contribution in [2.24, 2.45) is 0 Å². The third-order valence-corrected chi connectivity index (χ3v) is 3.43. The monoisotopic (exact) mass is 272 g/mol. The first kappa shape index (κ1) is 15.4. The standard InChI is InChI=1S/C14H21ClO3/c1-4-14(17-3,10-16-2)11-18-9-12-7-5-6-8-13(12)15/h5-8H,4,9-11H2,1-3H3. The molecule has 1 aromatic carbocycles. The summed E-state index contributed by atoms with van der Waals surface area (Å²) in [6.45, 7) is 3.54. The van der Waals surface area contributed by atoms with Gasteiger partial charge in [-0.05, 0) is 18.1 Å². The lowest BCUT2D eigenvalue weighted by molar-refractivity contribution is -0.116. The molecule has 0 aromatic heterocycles. The van der Waals surface area contributed by atoms with Crippen LogP contribution in [0, 0.1) is 0 Å². The average Bonchev–Trinajstić information content (AvgIpc) is 2.40. The van der Waals surface area contributed by atoms with Crippen molar-refractivity contribution < 1.29 is 14.2 Å². The van der Waals surface area contributed by atoms with Gasteiger partial charge in [0.2, 0.25) is 0 Å². The maximum Gasteiger partial charge on any atom is 0.114 e. The maximum absolute atomic E-state index is 6.07. The molecule has 0 heterocycles. The molecular weight excluding hydrogens is 252 g/mol. The van der Waals surface area contributed by atoms with Gasteiger partial charge in [0.05, 0.1) is 19.8 Å². The van der Waals surface area contributed by atoms with Gasteiger partial charge in [0.1, 0.15) is 5.60 Å². The van der Waals surface area contributed by atoms with E-state index in [-0.39, 0.29) is 5.60 Å². The smallest absolute Gasteiger partial charge is 0.114 e. The highest BCUT2D eigenvalue weighted by atomic mass is 35.5. The number of hydrogen-bond donors (Lipinski definition) is 0. The molecule has 0 amide bonds. The predicted molar refractivity (Wildman–Crippen MR) is 73.0 cm³/mol. The second-order valence-corrected chi connectivity index (χ2v) is 4.67. The van der Waals surface area contributed by atoms with Gasteiger partial charge in [-0.25, -0.2) is 0 Å². The van der Waals surface area contributed by atoms with Gasteiger partial charge in [0, 0.05) is 19.2 Å². The minimum absolute atomic E-state index is 0.379. The molecule has 0 aliphatic carbocycles. The van der Waals surface area contributed by atoms with Gasteiger partial charge in [-0.2, -0.15) is 0 Å². The lowest BCUT2D eigenvalue weighted by Gasteiger charge is -2.30. The van der Waals surface area contributed by atoms with Crippen LogP contribution in [0.1, 0.15) is 18.9 Å². The second-order valence-electron chi connectivity index (χ2n) is 4.26. The summed E-state index contributed by atoms with van der Waals surface area (Å²) >= 11 is 6.07. The minimum atomic E-state index is -0.379. The van der Waals surface area contributed by atoms with E-state index in [1.165, 1.54) is 0 Å². The van der Waals surface area contributed by atoms with E-state index in [2.05, 4.69) is 6.92 Å². The Morgan fingerprint density at radius 1 is 1.17 bits per heavy atom. The maximum atomic E-state index is 6.07. The fourth-order valence-electron chi connectivity index (χ4n) is 1.73. The van der Waals surface area contributed by atoms with Crippen LogP contribution in [0.25, 0.3) is 0 Å². The highest BCUT2D eigenvalue weighted by molar-refractivity contribution is 6.31. The Kier molecular flexibility index (Phi) is 6.65. The molecule has 4 heteroatoms. The van der Waals surface area contributed by atoms with E-state index < -0.39 is 0 Å². The fraction of sp³-hybridized carbons (Fsp3) is 0.571. The molecule has 18 heavy (non-hydrogen) atoms. The highest BCUT2D eigenvalue weighted by Crippen LogP contribution is 2.19. The Balaban J connectivity index is 2.51. The topological polar surface area (TPSA) is 27.7 Å². The molecule has 0 bridgehead atoms. The summed E-state index contributed by atoms with van der Waals surface area (Å²) in [7, 11) is 3.35. The van der Waals surface area contributed by atoms with Crippen LogP contribution < -0.4 is 0 Å². The summed E-state index contributed by atoms with van der Waals surface area (Å²) in [6.07, 6.45) is 0.833. The van der Waals surface area contributed by atoms with Gasteiger partial charge in [-0.3, -0.25) is 0 Å². The van der Waals surface area contributed by atoms with E-state index >= 15 is 0 Å². The van der Waals surface area contributed by atoms with Crippen LogP contribution in [0.15, 0.2) is 24.3 Å². The second kappa shape index (κ2) is 7.74. The Bertz CT molecular complexity index is 351. The summed E-state index contributed by atoms with van der Waals surface area (Å²) in [6, 6.07) is 7.67. The van der Waals surface area contributed by atoms with E-state index in [9.17, 15) is 0 Å². The van der Waals surface area contributed by atoms with Crippen molar-refractivity contribution in [1.29, 1.82) is 0 Å². The highest BCUT2D eigenvalue weighted by Gasteiger charge is 2.28. The number of ether oxygens (including phenoxy) is 3. The molecule has 0 fully saturated rings. The Labute approximate surface area is 114 Å². The first-order valence-corrected chi connectivity index (χ1v) is 6.40. The first-order valence-electron chi connectivity index (χ1n) is 6.02. The zero-order valence-corrected chi connectivity index (χ0v) is 12.0. The number of halogens is 1. The van der Waals surface area contributed by atoms with Gasteiger partial charge < -0.3 is 14.2 Å². The van der Waals surface area contributed by atoms with Crippen molar-refractivity contribution in [3.63, 3.8) is 0 Å². The summed E-state index contributed by atoms with van der Waals surface area (Å²) < 4.78 is 16.4. The lowest BCUT2D eigenvalue weighted by Crippen LogP contribution is -2.40. The SMILES string of the molecule is CCC(COC)(COCc1ccccc1Cl)OC. The average molecular weight is 273 g/mol. The first-order chi connectivity index (χ1) is 8.67. The van der Waals surface area contributed by atoms with Gasteiger partial charge in [0.15, 0.2) is 0 Å². The number of benzene rings is 1. The Hall–Kier alpha value is -0.610. The van der Waals surface area contributed by atoms with Crippen molar-refractivity contribution in [1.82, 2.24) is 0 Å². The molecule has 1 rings (SSSR count). The van der Waals surface area contributed by atoms with E-state index in [0.29, 0.717) is 19.8 Å². The van der Waals surface area contributed by atoms with E-state index in [1.807, 2.05) is 24.3 Å². The quantitative estimate of drug-likeness (QED) is 0.727. The molecule has 0 aliphatic rings. The third kappa shape index (κ3) is 4.25. The predicted octanol–water partition coefficient (Wildman–Crippen LogP) is 3.30. The Morgan fingerprint density at radius 2 is 1.89 bits per heavy atom. The van der Waals surface area contributed by atoms with Crippen LogP contribution in [-0.2, 0) is 20.8 Å². The summed E-state index contributed by atoms with van der Waals surface area (Å²) in [5.41, 5.74) is 0.605. The van der Waals surface area contributed by atoms with Crippen molar-refractivity contribution >= 4 is 11.6 Å². The number of methoxy groups -OCH3 is 2. The van der Waals surface area contributed by atoms with E-state index in [0.717, 1.165) is 17.0 Å². The zero-order valence-electron chi connectivity index (χ0n) is 11.2. The molecule has 0 N–H and O–H groups in total. The molecular formula is C14H21ClO3. The molecule has 0 spiro atoms. The van der Waals surface area contributed by atoms with Crippen LogP contribution in [-0.4, -0.2) is 33.0 Å². The third-order valence-electron chi connectivity index (χ3n) is 3.07. The van der Waals surface area contributed by atoms with Crippen molar-refractivity contribution in [2.75, 3.05) is 27.4 Å². The lowest BCUT2D eigenvalue weighted by atomic mass is 10.0. The molecule has 0 aliphatic heterocycles. The molecule has 0 radical (unpaired) electrons. The van der Waals surface area contributed by atoms with Gasteiger partial charge in [-0.1, -0.05) is 36.7 Å². The molecule has 102 valence electrons. The van der Waals surface area contributed by atoms with Crippen LogP contribution >= 0.6 is 11.6 Å². The number of hydrogen-bond acceptors (Lipinski definition) is 3. The number of rotatable bonds is 8. The van der Waals surface area contributed by atoms with Crippen molar-refractivity contribution in [3.8, 4) is 0 Å². The molecule has 1 unspecified atom stereocenters. The van der Waals surface area contributed by atoms with Gasteiger partial charge >= 0.3 is 0 Å². The van der Waals surface area contributed by atoms with Crippen LogP contribution in [0.3, 0.4) is 0 Å². The summed E-state index contributed by atoms with van der Waals surface area (Å²) in [5, 5.41) is 0.726. The molecule has 0 saturated heterocycles. The van der Waals surface area contributed by atoms with Crippen LogP contribution in [0.2, 0.25) is 5.02 Å². The minimum Gasteiger partial charge on any atom is -0.382 e. The van der Waals surface area contributed by atoms with Crippen LogP contribution in [0.5, 0.6) is 0 Å². The zero-order chi connectivity index (χ0) is 13.4. The van der Waals surface area contributed by atoms with Crippen molar-refractivity contribution in [2.45, 2.75) is 25.6 Å². The summed E-state index contributed by atoms with van der Waals surface area (Å²) in [4.78, 5) is 0.